The molecule has 1 saturated heterocycles. The SMILES string of the molecule is CC(C)(C)C(CCO)NCC1CCCNC1. The Balaban J connectivity index is 2.31. The minimum absolute atomic E-state index is 0.227. The van der Waals surface area contributed by atoms with Crippen molar-refractivity contribution in [2.45, 2.75) is 46.1 Å². The molecule has 0 bridgehead atoms. The van der Waals surface area contributed by atoms with Gasteiger partial charge in [-0.15, -0.1) is 0 Å². The van der Waals surface area contributed by atoms with Gasteiger partial charge >= 0.3 is 0 Å². The summed E-state index contributed by atoms with van der Waals surface area (Å²) in [5.74, 6) is 0.761. The van der Waals surface area contributed by atoms with E-state index in [-0.39, 0.29) is 12.0 Å². The number of hydrogen-bond acceptors (Lipinski definition) is 3. The summed E-state index contributed by atoms with van der Waals surface area (Å²) in [4.78, 5) is 0. The van der Waals surface area contributed by atoms with Crippen molar-refractivity contribution in [1.29, 1.82) is 0 Å². The largest absolute Gasteiger partial charge is 0.396 e. The van der Waals surface area contributed by atoms with Crippen molar-refractivity contribution < 1.29 is 5.11 Å². The lowest BCUT2D eigenvalue weighted by molar-refractivity contribution is 0.188. The number of aliphatic hydroxyl groups excluding tert-OH is 1. The zero-order chi connectivity index (χ0) is 12.0. The Hall–Kier alpha value is -0.120. The van der Waals surface area contributed by atoms with Crippen LogP contribution in [-0.4, -0.2) is 37.4 Å². The average molecular weight is 228 g/mol. The van der Waals surface area contributed by atoms with Crippen molar-refractivity contribution in [1.82, 2.24) is 10.6 Å². The van der Waals surface area contributed by atoms with Crippen LogP contribution in [0.25, 0.3) is 0 Å². The van der Waals surface area contributed by atoms with Crippen LogP contribution in [0.4, 0.5) is 0 Å². The van der Waals surface area contributed by atoms with Gasteiger partial charge in [-0.1, -0.05) is 20.8 Å². The molecular formula is C13H28N2O. The van der Waals surface area contributed by atoms with Gasteiger partial charge in [-0.25, -0.2) is 0 Å². The van der Waals surface area contributed by atoms with Crippen LogP contribution in [0.15, 0.2) is 0 Å². The summed E-state index contributed by atoms with van der Waals surface area (Å²) >= 11 is 0. The predicted molar refractivity (Wildman–Crippen MR) is 68.5 cm³/mol. The minimum Gasteiger partial charge on any atom is -0.396 e. The smallest absolute Gasteiger partial charge is 0.0446 e. The summed E-state index contributed by atoms with van der Waals surface area (Å²) < 4.78 is 0. The standard InChI is InChI=1S/C13H28N2O/c1-13(2,3)12(6-8-16)15-10-11-5-4-7-14-9-11/h11-12,14-16H,4-10H2,1-3H3. The molecular weight excluding hydrogens is 200 g/mol. The highest BCUT2D eigenvalue weighted by atomic mass is 16.3. The number of hydrogen-bond donors (Lipinski definition) is 3. The van der Waals surface area contributed by atoms with Crippen LogP contribution in [-0.2, 0) is 0 Å². The molecule has 0 aromatic heterocycles. The molecule has 2 atom stereocenters. The van der Waals surface area contributed by atoms with Crippen LogP contribution >= 0.6 is 0 Å². The molecule has 0 amide bonds. The predicted octanol–water partition coefficient (Wildman–Crippen LogP) is 1.37. The molecule has 0 saturated carbocycles. The molecule has 3 heteroatoms. The molecule has 16 heavy (non-hydrogen) atoms. The second kappa shape index (κ2) is 6.58. The van der Waals surface area contributed by atoms with Gasteiger partial charge in [-0.3, -0.25) is 0 Å². The van der Waals surface area contributed by atoms with E-state index in [1.54, 1.807) is 0 Å². The normalized spacial score (nSPS) is 24.4. The van der Waals surface area contributed by atoms with Crippen molar-refractivity contribution >= 4 is 0 Å². The first-order chi connectivity index (χ1) is 7.54. The van der Waals surface area contributed by atoms with E-state index in [1.807, 2.05) is 0 Å². The summed E-state index contributed by atoms with van der Waals surface area (Å²) in [6, 6.07) is 0.416. The lowest BCUT2D eigenvalue weighted by atomic mass is 9.84. The van der Waals surface area contributed by atoms with Crippen LogP contribution in [0.2, 0.25) is 0 Å². The van der Waals surface area contributed by atoms with Crippen molar-refractivity contribution in [3.63, 3.8) is 0 Å². The molecule has 0 spiro atoms. The first kappa shape index (κ1) is 13.9. The molecule has 3 N–H and O–H groups in total. The Labute approximate surface area is 100 Å². The number of rotatable bonds is 5. The Morgan fingerprint density at radius 2 is 2.19 bits per heavy atom. The summed E-state index contributed by atoms with van der Waals surface area (Å²) in [6.07, 6.45) is 3.48. The molecule has 2 unspecified atom stereocenters. The van der Waals surface area contributed by atoms with Gasteiger partial charge in [0.25, 0.3) is 0 Å². The Morgan fingerprint density at radius 1 is 1.44 bits per heavy atom. The molecule has 1 aliphatic heterocycles. The fraction of sp³-hybridized carbons (Fsp3) is 1.00. The van der Waals surface area contributed by atoms with Gasteiger partial charge in [-0.2, -0.15) is 0 Å². The van der Waals surface area contributed by atoms with Crippen LogP contribution in [0.5, 0.6) is 0 Å². The van der Waals surface area contributed by atoms with Gasteiger partial charge < -0.3 is 15.7 Å². The second-order valence-corrected chi connectivity index (χ2v) is 6.05. The minimum atomic E-state index is 0.227. The first-order valence-corrected chi connectivity index (χ1v) is 6.59. The quantitative estimate of drug-likeness (QED) is 0.666. The van der Waals surface area contributed by atoms with E-state index in [0.29, 0.717) is 6.04 Å². The molecule has 1 aliphatic rings. The van der Waals surface area contributed by atoms with Gasteiger partial charge in [-0.05, 0) is 50.2 Å². The van der Waals surface area contributed by atoms with E-state index in [1.165, 1.54) is 19.4 Å². The van der Waals surface area contributed by atoms with Gasteiger partial charge in [0.15, 0.2) is 0 Å². The third-order valence-electron chi connectivity index (χ3n) is 3.52. The molecule has 0 aromatic carbocycles. The highest BCUT2D eigenvalue weighted by Crippen LogP contribution is 2.22. The highest BCUT2D eigenvalue weighted by molar-refractivity contribution is 4.82. The van der Waals surface area contributed by atoms with Crippen LogP contribution in [0, 0.1) is 11.3 Å². The molecule has 0 radical (unpaired) electrons. The first-order valence-electron chi connectivity index (χ1n) is 6.59. The number of nitrogens with one attached hydrogen (secondary N) is 2. The zero-order valence-corrected chi connectivity index (χ0v) is 11.1. The monoisotopic (exact) mass is 228 g/mol. The molecule has 0 aliphatic carbocycles. The van der Waals surface area contributed by atoms with Crippen molar-refractivity contribution in [3.05, 3.63) is 0 Å². The van der Waals surface area contributed by atoms with E-state index in [0.717, 1.165) is 25.4 Å². The van der Waals surface area contributed by atoms with E-state index < -0.39 is 0 Å². The number of piperidine rings is 1. The Kier molecular flexibility index (Phi) is 5.73. The van der Waals surface area contributed by atoms with Crippen LogP contribution < -0.4 is 10.6 Å². The second-order valence-electron chi connectivity index (χ2n) is 6.05. The van der Waals surface area contributed by atoms with Gasteiger partial charge in [0, 0.05) is 12.6 Å². The third kappa shape index (κ3) is 4.81. The summed E-state index contributed by atoms with van der Waals surface area (Å²) in [5, 5.41) is 16.2. The average Bonchev–Trinajstić information content (AvgIpc) is 2.24. The molecule has 0 aromatic rings. The topological polar surface area (TPSA) is 44.3 Å². The third-order valence-corrected chi connectivity index (χ3v) is 3.52. The summed E-state index contributed by atoms with van der Waals surface area (Å²) in [7, 11) is 0. The molecule has 1 rings (SSSR count). The maximum atomic E-state index is 9.08. The van der Waals surface area contributed by atoms with Crippen molar-refractivity contribution in [2.24, 2.45) is 11.3 Å². The molecule has 3 nitrogen and oxygen atoms in total. The van der Waals surface area contributed by atoms with E-state index in [9.17, 15) is 0 Å². The highest BCUT2D eigenvalue weighted by Gasteiger charge is 2.24. The van der Waals surface area contributed by atoms with Gasteiger partial charge in [0.1, 0.15) is 0 Å². The molecule has 1 heterocycles. The van der Waals surface area contributed by atoms with E-state index in [4.69, 9.17) is 5.11 Å². The van der Waals surface area contributed by atoms with Crippen molar-refractivity contribution in [3.8, 4) is 0 Å². The molecule has 1 fully saturated rings. The van der Waals surface area contributed by atoms with Crippen LogP contribution in [0.3, 0.4) is 0 Å². The zero-order valence-electron chi connectivity index (χ0n) is 11.1. The van der Waals surface area contributed by atoms with Crippen LogP contribution in [0.1, 0.15) is 40.0 Å². The number of aliphatic hydroxyl groups is 1. The Morgan fingerprint density at radius 3 is 2.69 bits per heavy atom. The fourth-order valence-electron chi connectivity index (χ4n) is 2.38. The van der Waals surface area contributed by atoms with Crippen molar-refractivity contribution in [2.75, 3.05) is 26.2 Å². The van der Waals surface area contributed by atoms with Gasteiger partial charge in [0.2, 0.25) is 0 Å². The summed E-state index contributed by atoms with van der Waals surface area (Å²) in [5.41, 5.74) is 0.227. The van der Waals surface area contributed by atoms with E-state index in [2.05, 4.69) is 31.4 Å². The molecule has 96 valence electrons. The lowest BCUT2D eigenvalue weighted by Crippen LogP contribution is -2.45. The maximum Gasteiger partial charge on any atom is 0.0446 e. The maximum absolute atomic E-state index is 9.08. The van der Waals surface area contributed by atoms with Gasteiger partial charge in [0.05, 0.1) is 0 Å². The fourth-order valence-corrected chi connectivity index (χ4v) is 2.38. The summed E-state index contributed by atoms with van der Waals surface area (Å²) in [6.45, 7) is 10.4. The van der Waals surface area contributed by atoms with E-state index >= 15 is 0 Å². The Bertz CT molecular complexity index is 183. The lowest BCUT2D eigenvalue weighted by Gasteiger charge is -2.33.